The normalized spacial score (nSPS) is 13.1. The predicted octanol–water partition coefficient (Wildman–Crippen LogP) is 2.67. The quantitative estimate of drug-likeness (QED) is 0.723. The maximum atomic E-state index is 12.8. The van der Waals surface area contributed by atoms with E-state index in [1.807, 2.05) is 14.0 Å². The Bertz CT molecular complexity index is 304. The van der Waals surface area contributed by atoms with Crippen LogP contribution >= 0.6 is 11.6 Å². The Morgan fingerprint density at radius 2 is 2.27 bits per heavy atom. The molecule has 1 rings (SSSR count). The second-order valence-corrected chi connectivity index (χ2v) is 4.56. The smallest absolute Gasteiger partial charge is 0.141 e. The van der Waals surface area contributed by atoms with E-state index in [-0.39, 0.29) is 11.2 Å². The van der Waals surface area contributed by atoms with Crippen LogP contribution in [0.5, 0.6) is 0 Å². The van der Waals surface area contributed by atoms with Crippen molar-refractivity contribution in [2.75, 3.05) is 13.6 Å². The number of hydrogen-bond donors (Lipinski definition) is 0. The van der Waals surface area contributed by atoms with Gasteiger partial charge in [0.05, 0.1) is 6.20 Å². The van der Waals surface area contributed by atoms with Crippen LogP contribution in [-0.2, 0) is 6.54 Å². The van der Waals surface area contributed by atoms with E-state index in [2.05, 4.69) is 9.88 Å². The summed E-state index contributed by atoms with van der Waals surface area (Å²) < 4.78 is 12.8. The summed E-state index contributed by atoms with van der Waals surface area (Å²) in [7, 11) is 1.99. The van der Waals surface area contributed by atoms with Crippen LogP contribution in [0.3, 0.4) is 0 Å². The summed E-state index contributed by atoms with van der Waals surface area (Å²) >= 11 is 5.85. The number of rotatable bonds is 5. The van der Waals surface area contributed by atoms with Crippen molar-refractivity contribution in [2.45, 2.75) is 25.3 Å². The summed E-state index contributed by atoms with van der Waals surface area (Å²) in [6.45, 7) is 3.58. The lowest BCUT2D eigenvalue weighted by Gasteiger charge is -2.16. The van der Waals surface area contributed by atoms with Crippen LogP contribution < -0.4 is 0 Å². The Hall–Kier alpha value is -0.670. The van der Waals surface area contributed by atoms with Crippen LogP contribution in [0, 0.1) is 5.82 Å². The van der Waals surface area contributed by atoms with E-state index in [1.165, 1.54) is 12.3 Å². The highest BCUT2D eigenvalue weighted by Crippen LogP contribution is 2.06. The molecule has 0 fully saturated rings. The lowest BCUT2D eigenvalue weighted by atomic mass is 10.2. The van der Waals surface area contributed by atoms with Crippen LogP contribution in [0.15, 0.2) is 18.5 Å². The topological polar surface area (TPSA) is 16.1 Å². The van der Waals surface area contributed by atoms with Crippen LogP contribution in [-0.4, -0.2) is 28.9 Å². The molecule has 0 spiro atoms. The molecule has 15 heavy (non-hydrogen) atoms. The van der Waals surface area contributed by atoms with Gasteiger partial charge in [-0.2, -0.15) is 0 Å². The molecule has 2 nitrogen and oxygen atoms in total. The van der Waals surface area contributed by atoms with Gasteiger partial charge in [-0.25, -0.2) is 4.39 Å². The summed E-state index contributed by atoms with van der Waals surface area (Å²) in [5.74, 6) is -0.286. The van der Waals surface area contributed by atoms with Crippen molar-refractivity contribution in [1.82, 2.24) is 9.88 Å². The van der Waals surface area contributed by atoms with E-state index < -0.39 is 0 Å². The zero-order valence-corrected chi connectivity index (χ0v) is 9.84. The standard InChI is InChI=1S/C11H16ClFN2/c1-9(12)3-4-15(2)8-10-5-11(13)7-14-6-10/h5-7,9H,3-4,8H2,1-2H3. The first-order valence-electron chi connectivity index (χ1n) is 5.00. The Morgan fingerprint density at radius 1 is 1.53 bits per heavy atom. The number of hydrogen-bond acceptors (Lipinski definition) is 2. The maximum Gasteiger partial charge on any atom is 0.141 e. The van der Waals surface area contributed by atoms with Gasteiger partial charge in [-0.15, -0.1) is 11.6 Å². The molecule has 0 N–H and O–H groups in total. The fourth-order valence-electron chi connectivity index (χ4n) is 1.33. The van der Waals surface area contributed by atoms with Gasteiger partial charge in [0.1, 0.15) is 5.82 Å². The van der Waals surface area contributed by atoms with Gasteiger partial charge in [0, 0.05) is 18.1 Å². The highest BCUT2D eigenvalue weighted by Gasteiger charge is 2.03. The number of aromatic nitrogens is 1. The number of alkyl halides is 1. The SMILES string of the molecule is CC(Cl)CCN(C)Cc1cncc(F)c1. The van der Waals surface area contributed by atoms with Crippen molar-refractivity contribution in [1.29, 1.82) is 0 Å². The van der Waals surface area contributed by atoms with E-state index in [1.54, 1.807) is 6.20 Å². The second kappa shape index (κ2) is 6.03. The summed E-state index contributed by atoms with van der Waals surface area (Å²) in [6.07, 6.45) is 3.83. The van der Waals surface area contributed by atoms with Crippen molar-refractivity contribution in [3.63, 3.8) is 0 Å². The molecule has 1 unspecified atom stereocenters. The minimum atomic E-state index is -0.286. The molecule has 4 heteroatoms. The van der Waals surface area contributed by atoms with Gasteiger partial charge < -0.3 is 4.90 Å². The molecular weight excluding hydrogens is 215 g/mol. The van der Waals surface area contributed by atoms with Crippen molar-refractivity contribution < 1.29 is 4.39 Å². The van der Waals surface area contributed by atoms with Gasteiger partial charge >= 0.3 is 0 Å². The third kappa shape index (κ3) is 5.09. The van der Waals surface area contributed by atoms with E-state index in [0.29, 0.717) is 6.54 Å². The highest BCUT2D eigenvalue weighted by atomic mass is 35.5. The Balaban J connectivity index is 2.40. The molecule has 0 radical (unpaired) electrons. The molecule has 0 saturated carbocycles. The molecule has 0 saturated heterocycles. The lowest BCUT2D eigenvalue weighted by molar-refractivity contribution is 0.321. The van der Waals surface area contributed by atoms with E-state index in [9.17, 15) is 4.39 Å². The molecule has 1 aromatic heterocycles. The minimum Gasteiger partial charge on any atom is -0.302 e. The Kier molecular flexibility index (Phi) is 4.99. The summed E-state index contributed by atoms with van der Waals surface area (Å²) in [6, 6.07) is 1.51. The lowest BCUT2D eigenvalue weighted by Crippen LogP contribution is -2.21. The molecule has 1 atom stereocenters. The van der Waals surface area contributed by atoms with Gasteiger partial charge in [0.25, 0.3) is 0 Å². The summed E-state index contributed by atoms with van der Waals surface area (Å²) in [5, 5.41) is 0.179. The minimum absolute atomic E-state index is 0.179. The largest absolute Gasteiger partial charge is 0.302 e. The third-order valence-corrected chi connectivity index (χ3v) is 2.34. The van der Waals surface area contributed by atoms with Crippen molar-refractivity contribution in [3.05, 3.63) is 29.8 Å². The van der Waals surface area contributed by atoms with Crippen LogP contribution in [0.1, 0.15) is 18.9 Å². The highest BCUT2D eigenvalue weighted by molar-refractivity contribution is 6.20. The third-order valence-electron chi connectivity index (χ3n) is 2.12. The van der Waals surface area contributed by atoms with Crippen molar-refractivity contribution >= 4 is 11.6 Å². The zero-order valence-electron chi connectivity index (χ0n) is 9.08. The fraction of sp³-hybridized carbons (Fsp3) is 0.545. The molecule has 0 aromatic carbocycles. The van der Waals surface area contributed by atoms with Crippen LogP contribution in [0.25, 0.3) is 0 Å². The first-order valence-corrected chi connectivity index (χ1v) is 5.43. The average Bonchev–Trinajstić information content (AvgIpc) is 2.15. The Morgan fingerprint density at radius 3 is 2.87 bits per heavy atom. The first kappa shape index (κ1) is 12.4. The van der Waals surface area contributed by atoms with Gasteiger partial charge in [-0.05, 0) is 38.6 Å². The van der Waals surface area contributed by atoms with Gasteiger partial charge in [-0.3, -0.25) is 4.98 Å². The van der Waals surface area contributed by atoms with E-state index >= 15 is 0 Å². The number of halogens is 2. The van der Waals surface area contributed by atoms with Crippen LogP contribution in [0.2, 0.25) is 0 Å². The summed E-state index contributed by atoms with van der Waals surface area (Å²) in [5.41, 5.74) is 0.889. The van der Waals surface area contributed by atoms with Crippen molar-refractivity contribution in [3.8, 4) is 0 Å². The van der Waals surface area contributed by atoms with E-state index in [4.69, 9.17) is 11.6 Å². The predicted molar refractivity (Wildman–Crippen MR) is 60.5 cm³/mol. The molecule has 0 bridgehead atoms. The fourth-order valence-corrected chi connectivity index (χ4v) is 1.43. The van der Waals surface area contributed by atoms with Gasteiger partial charge in [0.15, 0.2) is 0 Å². The average molecular weight is 231 g/mol. The second-order valence-electron chi connectivity index (χ2n) is 3.82. The number of nitrogens with zero attached hydrogens (tertiary/aromatic N) is 2. The molecule has 1 heterocycles. The van der Waals surface area contributed by atoms with Gasteiger partial charge in [0.2, 0.25) is 0 Å². The molecule has 0 aliphatic heterocycles. The van der Waals surface area contributed by atoms with E-state index in [0.717, 1.165) is 18.5 Å². The molecule has 0 amide bonds. The molecular formula is C11H16ClFN2. The van der Waals surface area contributed by atoms with Gasteiger partial charge in [-0.1, -0.05) is 0 Å². The molecule has 1 aromatic rings. The van der Waals surface area contributed by atoms with Crippen LogP contribution in [0.4, 0.5) is 4.39 Å². The molecule has 0 aliphatic rings. The Labute approximate surface area is 95.1 Å². The van der Waals surface area contributed by atoms with Crippen molar-refractivity contribution in [2.24, 2.45) is 0 Å². The maximum absolute atomic E-state index is 12.8. The zero-order chi connectivity index (χ0) is 11.3. The first-order chi connectivity index (χ1) is 7.08. The number of pyridine rings is 1. The molecule has 0 aliphatic carbocycles. The monoisotopic (exact) mass is 230 g/mol. The molecule has 84 valence electrons. The summed E-state index contributed by atoms with van der Waals surface area (Å²) in [4.78, 5) is 5.91.